The van der Waals surface area contributed by atoms with E-state index in [-0.39, 0.29) is 18.9 Å². The van der Waals surface area contributed by atoms with E-state index in [9.17, 15) is 9.59 Å². The van der Waals surface area contributed by atoms with Crippen LogP contribution in [0.3, 0.4) is 0 Å². The summed E-state index contributed by atoms with van der Waals surface area (Å²) >= 11 is 0. The summed E-state index contributed by atoms with van der Waals surface area (Å²) in [6.07, 6.45) is -0.269. The number of amides is 2. The SMILES string of the molecule is COc1cccc(CN2C[C@@]3(F)CN(C(=O)Cc4nnc(C)o4)C[C@@]3(F)C2=O)c1. The number of aryl methyl sites for hydroxylation is 1. The Morgan fingerprint density at radius 3 is 2.72 bits per heavy atom. The maximum Gasteiger partial charge on any atom is 0.266 e. The van der Waals surface area contributed by atoms with E-state index in [1.54, 1.807) is 31.2 Å². The second-order valence-electron chi connectivity index (χ2n) is 7.42. The number of alkyl halides is 2. The third kappa shape index (κ3) is 3.22. The molecule has 3 heterocycles. The van der Waals surface area contributed by atoms with Crippen molar-refractivity contribution in [3.05, 3.63) is 41.6 Å². The molecule has 1 aromatic carbocycles. The summed E-state index contributed by atoms with van der Waals surface area (Å²) in [6, 6.07) is 6.94. The summed E-state index contributed by atoms with van der Waals surface area (Å²) in [7, 11) is 1.51. The van der Waals surface area contributed by atoms with Crippen molar-refractivity contribution in [1.29, 1.82) is 0 Å². The van der Waals surface area contributed by atoms with Crippen LogP contribution in [0.4, 0.5) is 8.78 Å². The highest BCUT2D eigenvalue weighted by molar-refractivity contribution is 5.92. The zero-order chi connectivity index (χ0) is 20.8. The summed E-state index contributed by atoms with van der Waals surface area (Å²) in [5, 5.41) is 7.33. The molecule has 0 saturated carbocycles. The molecule has 0 unspecified atom stereocenters. The van der Waals surface area contributed by atoms with Crippen LogP contribution < -0.4 is 4.74 Å². The van der Waals surface area contributed by atoms with Crippen LogP contribution in [0.1, 0.15) is 17.3 Å². The van der Waals surface area contributed by atoms with Crippen LogP contribution in [0, 0.1) is 6.92 Å². The van der Waals surface area contributed by atoms with E-state index >= 15 is 8.78 Å². The van der Waals surface area contributed by atoms with Gasteiger partial charge in [-0.15, -0.1) is 10.2 Å². The van der Waals surface area contributed by atoms with Crippen LogP contribution in [-0.4, -0.2) is 69.9 Å². The predicted molar refractivity (Wildman–Crippen MR) is 95.4 cm³/mol. The second-order valence-corrected chi connectivity index (χ2v) is 7.42. The highest BCUT2D eigenvalue weighted by Gasteiger charge is 2.71. The number of likely N-dealkylation sites (tertiary alicyclic amines) is 2. The summed E-state index contributed by atoms with van der Waals surface area (Å²) in [4.78, 5) is 27.3. The zero-order valence-corrected chi connectivity index (χ0v) is 16.0. The fourth-order valence-corrected chi connectivity index (χ4v) is 3.89. The quantitative estimate of drug-likeness (QED) is 0.742. The van der Waals surface area contributed by atoms with Crippen molar-refractivity contribution in [2.24, 2.45) is 0 Å². The number of hydrogen-bond donors (Lipinski definition) is 0. The van der Waals surface area contributed by atoms with E-state index < -0.39 is 42.8 Å². The van der Waals surface area contributed by atoms with Crippen molar-refractivity contribution in [2.45, 2.75) is 31.2 Å². The van der Waals surface area contributed by atoms with Gasteiger partial charge in [0.05, 0.1) is 26.7 Å². The van der Waals surface area contributed by atoms with Gasteiger partial charge >= 0.3 is 0 Å². The van der Waals surface area contributed by atoms with Gasteiger partial charge in [0, 0.05) is 13.5 Å². The van der Waals surface area contributed by atoms with Crippen LogP contribution in [0.2, 0.25) is 0 Å². The zero-order valence-electron chi connectivity index (χ0n) is 16.0. The molecule has 1 aromatic heterocycles. The Labute approximate surface area is 165 Å². The number of carbonyl (C=O) groups is 2. The molecule has 0 radical (unpaired) electrons. The van der Waals surface area contributed by atoms with Crippen molar-refractivity contribution in [3.63, 3.8) is 0 Å². The van der Waals surface area contributed by atoms with Gasteiger partial charge in [-0.25, -0.2) is 8.78 Å². The number of aromatic nitrogens is 2. The Morgan fingerprint density at radius 2 is 2.07 bits per heavy atom. The molecule has 2 aromatic rings. The topological polar surface area (TPSA) is 88.8 Å². The van der Waals surface area contributed by atoms with Crippen molar-refractivity contribution in [2.75, 3.05) is 26.7 Å². The van der Waals surface area contributed by atoms with Gasteiger partial charge in [-0.05, 0) is 17.7 Å². The number of fused-ring (bicyclic) bond motifs is 1. The fraction of sp³-hybridized carbons (Fsp3) is 0.474. The standard InChI is InChI=1S/C19H20F2N4O4/c1-12-22-23-15(29-12)7-16(26)25-10-18(20)9-24(17(27)19(18,21)11-25)8-13-4-3-5-14(6-13)28-2/h3-6H,7-11H2,1-2H3/t18-,19-/m1/s1. The minimum absolute atomic E-state index is 0.0581. The van der Waals surface area contributed by atoms with Crippen LogP contribution >= 0.6 is 0 Å². The average Bonchev–Trinajstić information content (AvgIpc) is 3.26. The Morgan fingerprint density at radius 1 is 1.28 bits per heavy atom. The van der Waals surface area contributed by atoms with Gasteiger partial charge in [-0.3, -0.25) is 9.59 Å². The fourth-order valence-electron chi connectivity index (χ4n) is 3.89. The highest BCUT2D eigenvalue weighted by atomic mass is 19.2. The Balaban J connectivity index is 1.47. The number of ether oxygens (including phenoxy) is 1. The monoisotopic (exact) mass is 406 g/mol. The number of carbonyl (C=O) groups excluding carboxylic acids is 2. The Bertz CT molecular complexity index is 967. The number of benzene rings is 1. The molecule has 4 rings (SSSR count). The normalized spacial score (nSPS) is 26.1. The molecule has 2 aliphatic heterocycles. The molecule has 0 N–H and O–H groups in total. The lowest BCUT2D eigenvalue weighted by atomic mass is 9.93. The molecule has 2 fully saturated rings. The summed E-state index contributed by atoms with van der Waals surface area (Å²) < 4.78 is 41.2. The molecule has 2 atom stereocenters. The van der Waals surface area contributed by atoms with Crippen LogP contribution in [0.5, 0.6) is 5.75 Å². The third-order valence-corrected chi connectivity index (χ3v) is 5.36. The molecular formula is C19H20F2N4O4. The van der Waals surface area contributed by atoms with E-state index in [2.05, 4.69) is 10.2 Å². The van der Waals surface area contributed by atoms with E-state index in [4.69, 9.17) is 9.15 Å². The highest BCUT2D eigenvalue weighted by Crippen LogP contribution is 2.46. The van der Waals surface area contributed by atoms with Gasteiger partial charge < -0.3 is 19.0 Å². The first-order chi connectivity index (χ1) is 13.7. The Kier molecular flexibility index (Phi) is 4.51. The molecule has 29 heavy (non-hydrogen) atoms. The average molecular weight is 406 g/mol. The summed E-state index contributed by atoms with van der Waals surface area (Å²) in [5.41, 5.74) is -4.54. The van der Waals surface area contributed by atoms with Crippen molar-refractivity contribution >= 4 is 11.8 Å². The number of halogens is 2. The molecule has 2 saturated heterocycles. The first-order valence-corrected chi connectivity index (χ1v) is 9.11. The number of hydrogen-bond acceptors (Lipinski definition) is 6. The largest absolute Gasteiger partial charge is 0.497 e. The molecular weight excluding hydrogens is 386 g/mol. The molecule has 8 nitrogen and oxygen atoms in total. The van der Waals surface area contributed by atoms with Crippen molar-refractivity contribution < 1.29 is 27.5 Å². The smallest absolute Gasteiger partial charge is 0.266 e. The van der Waals surface area contributed by atoms with E-state index in [0.29, 0.717) is 17.2 Å². The minimum atomic E-state index is -2.77. The van der Waals surface area contributed by atoms with E-state index in [1.165, 1.54) is 7.11 Å². The lowest BCUT2D eigenvalue weighted by Gasteiger charge is -2.22. The number of rotatable bonds is 5. The summed E-state index contributed by atoms with van der Waals surface area (Å²) in [5.74, 6) is -0.571. The molecule has 10 heteroatoms. The van der Waals surface area contributed by atoms with Gasteiger partial charge in [-0.2, -0.15) is 0 Å². The molecule has 0 spiro atoms. The molecule has 2 amide bonds. The minimum Gasteiger partial charge on any atom is -0.497 e. The van der Waals surface area contributed by atoms with E-state index in [0.717, 1.165) is 9.80 Å². The molecule has 2 aliphatic rings. The van der Waals surface area contributed by atoms with Crippen molar-refractivity contribution in [1.82, 2.24) is 20.0 Å². The van der Waals surface area contributed by atoms with E-state index in [1.807, 2.05) is 0 Å². The van der Waals surface area contributed by atoms with Gasteiger partial charge in [0.25, 0.3) is 5.91 Å². The third-order valence-electron chi connectivity index (χ3n) is 5.36. The lowest BCUT2D eigenvalue weighted by Crippen LogP contribution is -2.47. The molecule has 154 valence electrons. The van der Waals surface area contributed by atoms with Gasteiger partial charge in [0.2, 0.25) is 23.4 Å². The maximum atomic E-state index is 15.5. The van der Waals surface area contributed by atoms with Gasteiger partial charge in [0.1, 0.15) is 12.2 Å². The number of nitrogens with zero attached hydrogens (tertiary/aromatic N) is 4. The van der Waals surface area contributed by atoms with Crippen molar-refractivity contribution in [3.8, 4) is 5.75 Å². The van der Waals surface area contributed by atoms with Crippen LogP contribution in [0.25, 0.3) is 0 Å². The van der Waals surface area contributed by atoms with Crippen LogP contribution in [0.15, 0.2) is 28.7 Å². The molecule has 0 bridgehead atoms. The van der Waals surface area contributed by atoms with Crippen LogP contribution in [-0.2, 0) is 22.6 Å². The molecule has 0 aliphatic carbocycles. The van der Waals surface area contributed by atoms with Gasteiger partial charge in [-0.1, -0.05) is 12.1 Å². The Hall–Kier alpha value is -3.04. The number of methoxy groups -OCH3 is 1. The van der Waals surface area contributed by atoms with Gasteiger partial charge in [0.15, 0.2) is 5.67 Å². The predicted octanol–water partition coefficient (Wildman–Crippen LogP) is 1.23. The first-order valence-electron chi connectivity index (χ1n) is 9.11. The summed E-state index contributed by atoms with van der Waals surface area (Å²) in [6.45, 7) is 0.0637. The lowest BCUT2D eigenvalue weighted by molar-refractivity contribution is -0.140. The second kappa shape index (κ2) is 6.78. The first kappa shape index (κ1) is 19.3. The maximum absolute atomic E-state index is 15.5.